The lowest BCUT2D eigenvalue weighted by molar-refractivity contribution is -0.141. The zero-order valence-corrected chi connectivity index (χ0v) is 10.6. The van der Waals surface area contributed by atoms with Crippen molar-refractivity contribution in [3.05, 3.63) is 47.9 Å². The van der Waals surface area contributed by atoms with Crippen molar-refractivity contribution in [2.75, 3.05) is 0 Å². The Balaban J connectivity index is 0.00000200. The first-order valence-electron chi connectivity index (χ1n) is 5.11. The predicted molar refractivity (Wildman–Crippen MR) is 66.7 cm³/mol. The molecular weight excluding hydrogens is 297 g/mol. The van der Waals surface area contributed by atoms with E-state index in [4.69, 9.17) is 5.11 Å². The average molecular weight is 305 g/mol. The lowest BCUT2D eigenvalue weighted by atomic mass is 10.1. The molecule has 8 heteroatoms. The summed E-state index contributed by atoms with van der Waals surface area (Å²) < 4.78 is 37.0. The predicted octanol–water partition coefficient (Wildman–Crippen LogP) is 3.28. The summed E-state index contributed by atoms with van der Waals surface area (Å²) in [4.78, 5) is 18.0. The Morgan fingerprint density at radius 2 is 1.85 bits per heavy atom. The maximum Gasteiger partial charge on any atom is 0.433 e. The van der Waals surface area contributed by atoms with Crippen molar-refractivity contribution in [1.82, 2.24) is 9.97 Å². The minimum absolute atomic E-state index is 0. The fourth-order valence-corrected chi connectivity index (χ4v) is 1.43. The molecule has 2 rings (SSSR count). The molecule has 1 N–H and O–H groups in total. The highest BCUT2D eigenvalue weighted by Gasteiger charge is 2.32. The summed E-state index contributed by atoms with van der Waals surface area (Å²) in [5, 5.41) is 8.81. The van der Waals surface area contributed by atoms with Crippen LogP contribution in [0.3, 0.4) is 0 Å². The maximum atomic E-state index is 12.3. The van der Waals surface area contributed by atoms with Gasteiger partial charge in [0.2, 0.25) is 0 Å². The standard InChI is InChI=1S/C12H7F3N2O2.ClH/c13-12(14,15)10-2-1-8(6-17-10)9-5-7(11(18)19)3-4-16-9;/h1-6H,(H,18,19);1H. The zero-order valence-electron chi connectivity index (χ0n) is 9.76. The van der Waals surface area contributed by atoms with Crippen LogP contribution in [-0.2, 0) is 6.18 Å². The molecule has 2 heterocycles. The lowest BCUT2D eigenvalue weighted by Crippen LogP contribution is -2.07. The number of aromatic carboxylic acids is 1. The first kappa shape index (κ1) is 15.9. The number of carboxylic acid groups (broad SMARTS) is 1. The number of halogens is 4. The van der Waals surface area contributed by atoms with E-state index >= 15 is 0 Å². The van der Waals surface area contributed by atoms with Crippen molar-refractivity contribution in [3.8, 4) is 11.3 Å². The number of alkyl halides is 3. The van der Waals surface area contributed by atoms with Crippen LogP contribution in [0.25, 0.3) is 11.3 Å². The summed E-state index contributed by atoms with van der Waals surface area (Å²) in [6.45, 7) is 0. The van der Waals surface area contributed by atoms with E-state index in [-0.39, 0.29) is 23.7 Å². The monoisotopic (exact) mass is 304 g/mol. The number of aromatic nitrogens is 2. The molecule has 0 unspecified atom stereocenters. The number of carboxylic acids is 1. The Bertz CT molecular complexity index is 615. The molecule has 0 saturated heterocycles. The molecule has 20 heavy (non-hydrogen) atoms. The normalized spacial score (nSPS) is 10.8. The lowest BCUT2D eigenvalue weighted by Gasteiger charge is -2.06. The van der Waals surface area contributed by atoms with Crippen LogP contribution >= 0.6 is 12.4 Å². The van der Waals surface area contributed by atoms with Gasteiger partial charge in [0.25, 0.3) is 0 Å². The molecule has 0 fully saturated rings. The third kappa shape index (κ3) is 3.45. The largest absolute Gasteiger partial charge is 0.478 e. The van der Waals surface area contributed by atoms with Crippen LogP contribution in [0.15, 0.2) is 36.7 Å². The number of rotatable bonds is 2. The van der Waals surface area contributed by atoms with Gasteiger partial charge in [-0.3, -0.25) is 9.97 Å². The Morgan fingerprint density at radius 1 is 1.15 bits per heavy atom. The summed E-state index contributed by atoms with van der Waals surface area (Å²) in [7, 11) is 0. The minimum atomic E-state index is -4.51. The highest BCUT2D eigenvalue weighted by atomic mass is 35.5. The third-order valence-electron chi connectivity index (χ3n) is 2.36. The van der Waals surface area contributed by atoms with E-state index < -0.39 is 17.8 Å². The van der Waals surface area contributed by atoms with E-state index in [1.54, 1.807) is 0 Å². The molecule has 0 aromatic carbocycles. The number of hydrogen-bond donors (Lipinski definition) is 1. The molecule has 2 aromatic heterocycles. The summed E-state index contributed by atoms with van der Waals surface area (Å²) in [5.74, 6) is -1.14. The van der Waals surface area contributed by atoms with Crippen molar-refractivity contribution in [1.29, 1.82) is 0 Å². The van der Waals surface area contributed by atoms with Crippen molar-refractivity contribution >= 4 is 18.4 Å². The molecule has 0 radical (unpaired) electrons. The van der Waals surface area contributed by atoms with E-state index in [9.17, 15) is 18.0 Å². The van der Waals surface area contributed by atoms with Crippen LogP contribution in [0.4, 0.5) is 13.2 Å². The molecule has 0 atom stereocenters. The maximum absolute atomic E-state index is 12.3. The van der Waals surface area contributed by atoms with Gasteiger partial charge < -0.3 is 5.11 Å². The van der Waals surface area contributed by atoms with E-state index in [0.29, 0.717) is 5.56 Å². The molecule has 4 nitrogen and oxygen atoms in total. The summed E-state index contributed by atoms with van der Waals surface area (Å²) >= 11 is 0. The van der Waals surface area contributed by atoms with Crippen LogP contribution in [-0.4, -0.2) is 21.0 Å². The number of nitrogens with zero attached hydrogens (tertiary/aromatic N) is 2. The van der Waals surface area contributed by atoms with Crippen LogP contribution in [0, 0.1) is 0 Å². The number of carbonyl (C=O) groups is 1. The van der Waals surface area contributed by atoms with E-state index in [1.165, 1.54) is 24.4 Å². The van der Waals surface area contributed by atoms with Crippen molar-refractivity contribution in [2.45, 2.75) is 6.18 Å². The molecule has 0 aliphatic carbocycles. The SMILES string of the molecule is Cl.O=C(O)c1ccnc(-c2ccc(C(F)(F)F)nc2)c1. The number of hydrogen-bond acceptors (Lipinski definition) is 3. The van der Waals surface area contributed by atoms with Gasteiger partial charge in [0, 0.05) is 18.0 Å². The second kappa shape index (κ2) is 5.87. The minimum Gasteiger partial charge on any atom is -0.478 e. The van der Waals surface area contributed by atoms with Crippen molar-refractivity contribution in [2.24, 2.45) is 0 Å². The van der Waals surface area contributed by atoms with Crippen molar-refractivity contribution < 1.29 is 23.1 Å². The second-order valence-corrected chi connectivity index (χ2v) is 3.66. The Kier molecular flexibility index (Phi) is 4.67. The fourth-order valence-electron chi connectivity index (χ4n) is 1.43. The molecule has 0 aliphatic rings. The molecule has 0 amide bonds. The smallest absolute Gasteiger partial charge is 0.433 e. The van der Waals surface area contributed by atoms with Gasteiger partial charge in [-0.1, -0.05) is 0 Å². The van der Waals surface area contributed by atoms with Crippen LogP contribution in [0.2, 0.25) is 0 Å². The fraction of sp³-hybridized carbons (Fsp3) is 0.0833. The molecule has 2 aromatic rings. The molecule has 0 bridgehead atoms. The van der Waals surface area contributed by atoms with E-state index in [0.717, 1.165) is 12.3 Å². The molecule has 0 saturated carbocycles. The summed E-state index contributed by atoms with van der Waals surface area (Å²) in [5.41, 5.74) is -0.437. The molecule has 0 aliphatic heterocycles. The van der Waals surface area contributed by atoms with Gasteiger partial charge in [-0.15, -0.1) is 12.4 Å². The van der Waals surface area contributed by atoms with Crippen molar-refractivity contribution in [3.63, 3.8) is 0 Å². The topological polar surface area (TPSA) is 63.1 Å². The highest BCUT2D eigenvalue weighted by Crippen LogP contribution is 2.28. The van der Waals surface area contributed by atoms with E-state index in [1.807, 2.05) is 0 Å². The average Bonchev–Trinajstić information content (AvgIpc) is 2.38. The first-order valence-corrected chi connectivity index (χ1v) is 5.11. The molecular formula is C12H8ClF3N2O2. The Morgan fingerprint density at radius 3 is 2.35 bits per heavy atom. The van der Waals surface area contributed by atoms with Crippen LogP contribution < -0.4 is 0 Å². The third-order valence-corrected chi connectivity index (χ3v) is 2.36. The summed E-state index contributed by atoms with van der Waals surface area (Å²) in [6, 6.07) is 4.59. The van der Waals surface area contributed by atoms with Gasteiger partial charge in [0.05, 0.1) is 11.3 Å². The van der Waals surface area contributed by atoms with Gasteiger partial charge in [-0.25, -0.2) is 4.79 Å². The molecule has 0 spiro atoms. The van der Waals surface area contributed by atoms with Gasteiger partial charge in [0.15, 0.2) is 0 Å². The number of pyridine rings is 2. The summed E-state index contributed by atoms with van der Waals surface area (Å²) in [6.07, 6.45) is -2.22. The Hall–Kier alpha value is -2.15. The van der Waals surface area contributed by atoms with Gasteiger partial charge in [0.1, 0.15) is 5.69 Å². The Labute approximate surface area is 117 Å². The molecule has 106 valence electrons. The quantitative estimate of drug-likeness (QED) is 0.925. The first-order chi connectivity index (χ1) is 8.88. The van der Waals surface area contributed by atoms with Gasteiger partial charge in [-0.2, -0.15) is 13.2 Å². The van der Waals surface area contributed by atoms with Crippen LogP contribution in [0.1, 0.15) is 16.1 Å². The highest BCUT2D eigenvalue weighted by molar-refractivity contribution is 5.88. The van der Waals surface area contributed by atoms with Crippen LogP contribution in [0.5, 0.6) is 0 Å². The van der Waals surface area contributed by atoms with E-state index in [2.05, 4.69) is 9.97 Å². The van der Waals surface area contributed by atoms with Gasteiger partial charge in [-0.05, 0) is 24.3 Å². The zero-order chi connectivity index (χ0) is 14.0. The second-order valence-electron chi connectivity index (χ2n) is 3.66. The van der Waals surface area contributed by atoms with Gasteiger partial charge >= 0.3 is 12.1 Å².